The quantitative estimate of drug-likeness (QED) is 0.347. The monoisotopic (exact) mass is 488 g/mol. The van der Waals surface area contributed by atoms with Gasteiger partial charge >= 0.3 is 11.9 Å². The van der Waals surface area contributed by atoms with Gasteiger partial charge in [-0.3, -0.25) is 9.59 Å². The first-order valence-corrected chi connectivity index (χ1v) is 14.8. The van der Waals surface area contributed by atoms with E-state index in [9.17, 15) is 9.59 Å². The van der Waals surface area contributed by atoms with Gasteiger partial charge in [-0.25, -0.2) is 0 Å². The highest BCUT2D eigenvalue weighted by Gasteiger charge is 2.62. The van der Waals surface area contributed by atoms with E-state index in [1.54, 1.807) is 0 Å². The maximum Gasteiger partial charge on any atom is 0.303 e. The van der Waals surface area contributed by atoms with Gasteiger partial charge in [0, 0.05) is 13.8 Å². The molecule has 10 atom stereocenters. The summed E-state index contributed by atoms with van der Waals surface area (Å²) in [6, 6.07) is 0. The van der Waals surface area contributed by atoms with Crippen molar-refractivity contribution in [1.29, 1.82) is 0 Å². The van der Waals surface area contributed by atoms with Crippen LogP contribution in [0.3, 0.4) is 0 Å². The molecule has 0 radical (unpaired) electrons. The molecular weight excluding hydrogens is 436 g/mol. The summed E-state index contributed by atoms with van der Waals surface area (Å²) in [7, 11) is 0. The van der Waals surface area contributed by atoms with E-state index in [2.05, 4.69) is 34.6 Å². The van der Waals surface area contributed by atoms with Crippen molar-refractivity contribution in [1.82, 2.24) is 0 Å². The summed E-state index contributed by atoms with van der Waals surface area (Å²) < 4.78 is 11.5. The molecule has 0 aromatic carbocycles. The van der Waals surface area contributed by atoms with Crippen molar-refractivity contribution in [3.63, 3.8) is 0 Å². The second-order valence-electron chi connectivity index (χ2n) is 13.9. The van der Waals surface area contributed by atoms with E-state index in [1.165, 1.54) is 71.6 Å². The van der Waals surface area contributed by atoms with Crippen LogP contribution in [0.15, 0.2) is 0 Å². The van der Waals surface area contributed by atoms with Crippen LogP contribution in [0.25, 0.3) is 0 Å². The summed E-state index contributed by atoms with van der Waals surface area (Å²) in [6.45, 7) is 15.3. The fourth-order valence-corrected chi connectivity index (χ4v) is 9.93. The molecule has 0 heterocycles. The number of rotatable bonds is 7. The average molecular weight is 489 g/mol. The lowest BCUT2D eigenvalue weighted by atomic mass is 9.44. The lowest BCUT2D eigenvalue weighted by Gasteiger charge is -2.62. The standard InChI is InChI=1S/C31H52O4/c1-19(2)9-8-10-20(3)25-13-14-26-24-12-11-23-17-28(34-21(4)32)29(35-22(5)33)18-31(23,7)27(24)15-16-30(25,26)6/h19-20,23-29H,8-18H2,1-7H3/t20-,23+,24-,25-,26+,27-,28-,29-,30+,31+/m1/s1. The van der Waals surface area contributed by atoms with Crippen LogP contribution < -0.4 is 0 Å². The van der Waals surface area contributed by atoms with Crippen LogP contribution in [-0.4, -0.2) is 24.1 Å². The molecule has 0 aromatic rings. The lowest BCUT2D eigenvalue weighted by molar-refractivity contribution is -0.195. The Labute approximate surface area is 214 Å². The van der Waals surface area contributed by atoms with E-state index in [1.807, 2.05) is 0 Å². The van der Waals surface area contributed by atoms with Crippen LogP contribution in [0.4, 0.5) is 0 Å². The first kappa shape index (κ1) is 27.0. The van der Waals surface area contributed by atoms with Crippen LogP contribution in [-0.2, 0) is 19.1 Å². The van der Waals surface area contributed by atoms with Gasteiger partial charge in [0.1, 0.15) is 12.2 Å². The molecule has 0 N–H and O–H groups in total. The maximum absolute atomic E-state index is 11.9. The third kappa shape index (κ3) is 5.19. The second kappa shape index (κ2) is 10.4. The van der Waals surface area contributed by atoms with Crippen molar-refractivity contribution in [2.75, 3.05) is 0 Å². The van der Waals surface area contributed by atoms with Crippen LogP contribution >= 0.6 is 0 Å². The SMILES string of the molecule is CC(=O)O[C@@H]1C[C@@H]2CC[C@H]3[C@@H](CC[C@@]4(C)[C@@H]([C@H](C)CCCC(C)C)CC[C@@H]34)[C@@]2(C)C[C@H]1OC(C)=O. The van der Waals surface area contributed by atoms with Crippen LogP contribution in [0.5, 0.6) is 0 Å². The minimum atomic E-state index is -0.304. The third-order valence-corrected chi connectivity index (χ3v) is 11.5. The molecule has 4 rings (SSSR count). The largest absolute Gasteiger partial charge is 0.459 e. The highest BCUT2D eigenvalue weighted by molar-refractivity contribution is 5.67. The molecule has 0 bridgehead atoms. The smallest absolute Gasteiger partial charge is 0.303 e. The molecule has 0 unspecified atom stereocenters. The van der Waals surface area contributed by atoms with E-state index < -0.39 is 0 Å². The molecule has 0 aliphatic heterocycles. The number of fused-ring (bicyclic) bond motifs is 5. The third-order valence-electron chi connectivity index (χ3n) is 11.5. The van der Waals surface area contributed by atoms with Gasteiger partial charge in [-0.2, -0.15) is 0 Å². The number of ether oxygens (including phenoxy) is 2. The second-order valence-corrected chi connectivity index (χ2v) is 13.9. The molecule has 0 amide bonds. The normalized spacial score (nSPS) is 43.6. The topological polar surface area (TPSA) is 52.6 Å². The van der Waals surface area contributed by atoms with Crippen molar-refractivity contribution in [2.45, 2.75) is 131 Å². The van der Waals surface area contributed by atoms with Gasteiger partial charge in [-0.05, 0) is 104 Å². The Hall–Kier alpha value is -1.06. The molecule has 0 spiro atoms. The Balaban J connectivity index is 1.50. The summed E-state index contributed by atoms with van der Waals surface area (Å²) in [5.74, 6) is 4.88. The number of esters is 2. The predicted octanol–water partition coefficient (Wildman–Crippen LogP) is 7.58. The van der Waals surface area contributed by atoms with E-state index in [-0.39, 0.29) is 29.6 Å². The lowest BCUT2D eigenvalue weighted by Crippen LogP contribution is -2.57. The van der Waals surface area contributed by atoms with Crippen molar-refractivity contribution >= 4 is 11.9 Å². The fraction of sp³-hybridized carbons (Fsp3) is 0.935. The first-order chi connectivity index (χ1) is 16.5. The van der Waals surface area contributed by atoms with Gasteiger partial charge in [-0.15, -0.1) is 0 Å². The number of carbonyl (C=O) groups excluding carboxylic acids is 2. The fourth-order valence-electron chi connectivity index (χ4n) is 9.93. The molecule has 0 aromatic heterocycles. The first-order valence-electron chi connectivity index (χ1n) is 14.8. The highest BCUT2D eigenvalue weighted by atomic mass is 16.6. The molecule has 0 saturated heterocycles. The minimum absolute atomic E-state index is 0.169. The van der Waals surface area contributed by atoms with E-state index in [0.29, 0.717) is 17.3 Å². The van der Waals surface area contributed by atoms with Gasteiger partial charge < -0.3 is 9.47 Å². The molecule has 200 valence electrons. The van der Waals surface area contributed by atoms with Crippen LogP contribution in [0.1, 0.15) is 119 Å². The Kier molecular flexibility index (Phi) is 7.99. The molecular formula is C31H52O4. The summed E-state index contributed by atoms with van der Waals surface area (Å²) in [4.78, 5) is 23.7. The molecule has 4 aliphatic rings. The van der Waals surface area contributed by atoms with Gasteiger partial charge in [0.05, 0.1) is 0 Å². The molecule has 35 heavy (non-hydrogen) atoms. The summed E-state index contributed by atoms with van der Waals surface area (Å²) in [5, 5.41) is 0. The van der Waals surface area contributed by atoms with Crippen molar-refractivity contribution < 1.29 is 19.1 Å². The molecule has 4 aliphatic carbocycles. The Morgan fingerprint density at radius 3 is 2.14 bits per heavy atom. The Morgan fingerprint density at radius 2 is 1.49 bits per heavy atom. The van der Waals surface area contributed by atoms with E-state index in [0.717, 1.165) is 42.4 Å². The Bertz CT molecular complexity index is 776. The number of carbonyl (C=O) groups is 2. The minimum Gasteiger partial charge on any atom is -0.459 e. The van der Waals surface area contributed by atoms with Crippen molar-refractivity contribution in [3.05, 3.63) is 0 Å². The van der Waals surface area contributed by atoms with Crippen molar-refractivity contribution in [3.8, 4) is 0 Å². The zero-order chi connectivity index (χ0) is 25.5. The van der Waals surface area contributed by atoms with Crippen molar-refractivity contribution in [2.24, 2.45) is 52.3 Å². The maximum atomic E-state index is 11.9. The van der Waals surface area contributed by atoms with E-state index >= 15 is 0 Å². The van der Waals surface area contributed by atoms with Crippen LogP contribution in [0, 0.1) is 52.3 Å². The summed E-state index contributed by atoms with van der Waals surface area (Å²) >= 11 is 0. The van der Waals surface area contributed by atoms with Crippen LogP contribution in [0.2, 0.25) is 0 Å². The summed E-state index contributed by atoms with van der Waals surface area (Å²) in [6.07, 6.45) is 13.3. The van der Waals surface area contributed by atoms with Gasteiger partial charge in [-0.1, -0.05) is 53.9 Å². The number of hydrogen-bond acceptors (Lipinski definition) is 4. The van der Waals surface area contributed by atoms with Gasteiger partial charge in [0.2, 0.25) is 0 Å². The summed E-state index contributed by atoms with van der Waals surface area (Å²) in [5.41, 5.74) is 0.661. The zero-order valence-corrected chi connectivity index (χ0v) is 23.6. The zero-order valence-electron chi connectivity index (χ0n) is 23.6. The molecule has 4 fully saturated rings. The molecule has 4 saturated carbocycles. The van der Waals surface area contributed by atoms with Gasteiger partial charge in [0.15, 0.2) is 0 Å². The Morgan fingerprint density at radius 1 is 0.829 bits per heavy atom. The molecule has 4 nitrogen and oxygen atoms in total. The van der Waals surface area contributed by atoms with E-state index in [4.69, 9.17) is 9.47 Å². The molecule has 4 heteroatoms. The highest BCUT2D eigenvalue weighted by Crippen LogP contribution is 2.68. The average Bonchev–Trinajstić information content (AvgIpc) is 3.10. The predicted molar refractivity (Wildman–Crippen MR) is 140 cm³/mol. The number of hydrogen-bond donors (Lipinski definition) is 0. The van der Waals surface area contributed by atoms with Gasteiger partial charge in [0.25, 0.3) is 0 Å².